The molecule has 3 aromatic rings. The largest absolute Gasteiger partial charge is 0.504 e. The molecule has 0 fully saturated rings. The van der Waals surface area contributed by atoms with Crippen molar-refractivity contribution in [1.29, 1.82) is 0 Å². The highest BCUT2D eigenvalue weighted by molar-refractivity contribution is 5.98. The fraction of sp³-hybridized carbons (Fsp3) is 0.133. The van der Waals surface area contributed by atoms with Crippen LogP contribution in [0.2, 0.25) is 0 Å². The van der Waals surface area contributed by atoms with Gasteiger partial charge < -0.3 is 19.6 Å². The van der Waals surface area contributed by atoms with Crippen molar-refractivity contribution in [3.63, 3.8) is 0 Å². The molecule has 0 spiro atoms. The van der Waals surface area contributed by atoms with Gasteiger partial charge >= 0.3 is 0 Å². The summed E-state index contributed by atoms with van der Waals surface area (Å²) in [7, 11) is 2.89. The maximum absolute atomic E-state index is 12.5. The molecule has 0 atom stereocenters. The normalized spacial score (nSPS) is 10.9. The summed E-state index contributed by atoms with van der Waals surface area (Å²) < 4.78 is 10.3. The number of benzene rings is 2. The van der Waals surface area contributed by atoms with Gasteiger partial charge in [0, 0.05) is 17.0 Å². The number of ether oxygens (including phenoxy) is 2. The van der Waals surface area contributed by atoms with Crippen LogP contribution in [0.1, 0.15) is 0 Å². The molecule has 0 amide bonds. The van der Waals surface area contributed by atoms with Gasteiger partial charge in [-0.1, -0.05) is 12.1 Å². The molecule has 0 radical (unpaired) electrons. The molecular weight excluding hydrogens is 258 g/mol. The molecule has 5 nitrogen and oxygen atoms in total. The quantitative estimate of drug-likeness (QED) is 0.702. The average molecular weight is 271 g/mol. The van der Waals surface area contributed by atoms with E-state index in [9.17, 15) is 9.90 Å². The lowest BCUT2D eigenvalue weighted by Crippen LogP contribution is -2.05. The standard InChI is InChI=1S/C15H13NO4/c1-19-11-7-10-12(14(18)15(11)20-2)13(17)8-5-3-4-6-9(8)16-10/h3-7,18H,1-2H3,(H,16,17). The second-order valence-electron chi connectivity index (χ2n) is 4.38. The van der Waals surface area contributed by atoms with Crippen LogP contribution in [0, 0.1) is 0 Å². The van der Waals surface area contributed by atoms with Gasteiger partial charge in [0.2, 0.25) is 11.2 Å². The number of aromatic hydroxyl groups is 1. The van der Waals surface area contributed by atoms with Crippen LogP contribution in [-0.4, -0.2) is 24.3 Å². The molecular formula is C15H13NO4. The number of nitrogens with one attached hydrogen (secondary N) is 1. The summed E-state index contributed by atoms with van der Waals surface area (Å²) in [6.45, 7) is 0. The Morgan fingerprint density at radius 3 is 2.55 bits per heavy atom. The van der Waals surface area contributed by atoms with Gasteiger partial charge in [-0.25, -0.2) is 0 Å². The van der Waals surface area contributed by atoms with Gasteiger partial charge in [-0.3, -0.25) is 4.79 Å². The summed E-state index contributed by atoms with van der Waals surface area (Å²) in [4.78, 5) is 15.6. The molecule has 1 aromatic heterocycles. The van der Waals surface area contributed by atoms with Crippen molar-refractivity contribution in [2.45, 2.75) is 0 Å². The van der Waals surface area contributed by atoms with Gasteiger partial charge in [0.1, 0.15) is 0 Å². The molecule has 0 saturated heterocycles. The first kappa shape index (κ1) is 12.3. The highest BCUT2D eigenvalue weighted by atomic mass is 16.5. The zero-order valence-corrected chi connectivity index (χ0v) is 11.1. The van der Waals surface area contributed by atoms with E-state index in [1.54, 1.807) is 18.2 Å². The highest BCUT2D eigenvalue weighted by Crippen LogP contribution is 2.41. The molecule has 0 aliphatic carbocycles. The Hall–Kier alpha value is -2.69. The Morgan fingerprint density at radius 1 is 1.10 bits per heavy atom. The number of hydrogen-bond donors (Lipinski definition) is 2. The number of H-pyrrole nitrogens is 1. The van der Waals surface area contributed by atoms with Gasteiger partial charge in [-0.05, 0) is 12.1 Å². The van der Waals surface area contributed by atoms with Crippen LogP contribution < -0.4 is 14.9 Å². The lowest BCUT2D eigenvalue weighted by atomic mass is 10.1. The van der Waals surface area contributed by atoms with Crippen molar-refractivity contribution in [2.75, 3.05) is 14.2 Å². The van der Waals surface area contributed by atoms with Crippen molar-refractivity contribution >= 4 is 21.8 Å². The number of methoxy groups -OCH3 is 2. The lowest BCUT2D eigenvalue weighted by Gasteiger charge is -2.12. The van der Waals surface area contributed by atoms with Crippen molar-refractivity contribution in [3.8, 4) is 17.2 Å². The monoisotopic (exact) mass is 271 g/mol. The van der Waals surface area contributed by atoms with Crippen molar-refractivity contribution in [1.82, 2.24) is 4.98 Å². The highest BCUT2D eigenvalue weighted by Gasteiger charge is 2.18. The number of phenols is 1. The molecule has 3 rings (SSSR count). The first-order valence-electron chi connectivity index (χ1n) is 6.06. The smallest absolute Gasteiger partial charge is 0.203 e. The third-order valence-electron chi connectivity index (χ3n) is 3.31. The van der Waals surface area contributed by atoms with E-state index in [-0.39, 0.29) is 22.3 Å². The van der Waals surface area contributed by atoms with E-state index >= 15 is 0 Å². The van der Waals surface area contributed by atoms with Gasteiger partial charge in [0.05, 0.1) is 25.1 Å². The summed E-state index contributed by atoms with van der Waals surface area (Å²) in [6.07, 6.45) is 0. The van der Waals surface area contributed by atoms with Gasteiger partial charge in [0.25, 0.3) is 0 Å². The Morgan fingerprint density at radius 2 is 1.85 bits per heavy atom. The first-order chi connectivity index (χ1) is 9.67. The third-order valence-corrected chi connectivity index (χ3v) is 3.31. The second kappa shape index (κ2) is 4.45. The van der Waals surface area contributed by atoms with E-state index in [2.05, 4.69) is 4.98 Å². The molecule has 5 heteroatoms. The summed E-state index contributed by atoms with van der Waals surface area (Å²) >= 11 is 0. The maximum atomic E-state index is 12.5. The predicted molar refractivity (Wildman–Crippen MR) is 76.8 cm³/mol. The number of hydrogen-bond acceptors (Lipinski definition) is 4. The van der Waals surface area contributed by atoms with E-state index in [0.29, 0.717) is 22.2 Å². The molecule has 2 N–H and O–H groups in total. The summed E-state index contributed by atoms with van der Waals surface area (Å²) in [5.41, 5.74) is 0.966. The minimum absolute atomic E-state index is 0.154. The lowest BCUT2D eigenvalue weighted by molar-refractivity contribution is 0.335. The molecule has 0 bridgehead atoms. The Kier molecular flexibility index (Phi) is 2.75. The second-order valence-corrected chi connectivity index (χ2v) is 4.38. The zero-order chi connectivity index (χ0) is 14.3. The average Bonchev–Trinajstić information content (AvgIpc) is 2.46. The van der Waals surface area contributed by atoms with Crippen LogP contribution in [0.15, 0.2) is 35.1 Å². The van der Waals surface area contributed by atoms with Crippen LogP contribution in [-0.2, 0) is 0 Å². The van der Waals surface area contributed by atoms with E-state index in [1.807, 2.05) is 12.1 Å². The van der Waals surface area contributed by atoms with Gasteiger partial charge in [-0.2, -0.15) is 0 Å². The van der Waals surface area contributed by atoms with E-state index in [1.165, 1.54) is 14.2 Å². The molecule has 0 unspecified atom stereocenters. The number of rotatable bonds is 2. The molecule has 1 heterocycles. The van der Waals surface area contributed by atoms with Gasteiger partial charge in [0.15, 0.2) is 11.5 Å². The number of aromatic amines is 1. The summed E-state index contributed by atoms with van der Waals surface area (Å²) in [5, 5.41) is 11.0. The van der Waals surface area contributed by atoms with Gasteiger partial charge in [-0.15, -0.1) is 0 Å². The van der Waals surface area contributed by atoms with Crippen LogP contribution in [0.25, 0.3) is 21.8 Å². The Balaban J connectivity index is 2.56. The minimum atomic E-state index is -0.243. The van der Waals surface area contributed by atoms with Crippen LogP contribution in [0.4, 0.5) is 0 Å². The number of aromatic nitrogens is 1. The number of pyridine rings is 1. The summed E-state index contributed by atoms with van der Waals surface area (Å²) in [5.74, 6) is 0.304. The molecule has 20 heavy (non-hydrogen) atoms. The Bertz CT molecular complexity index is 867. The first-order valence-corrected chi connectivity index (χ1v) is 6.06. The molecule has 0 aliphatic rings. The fourth-order valence-electron chi connectivity index (χ4n) is 2.37. The van der Waals surface area contributed by atoms with Crippen LogP contribution >= 0.6 is 0 Å². The van der Waals surface area contributed by atoms with E-state index in [0.717, 1.165) is 0 Å². The van der Waals surface area contributed by atoms with Crippen LogP contribution in [0.5, 0.6) is 17.2 Å². The number of para-hydroxylation sites is 1. The zero-order valence-electron chi connectivity index (χ0n) is 11.1. The topological polar surface area (TPSA) is 71.6 Å². The molecule has 2 aromatic carbocycles. The third kappa shape index (κ3) is 1.60. The summed E-state index contributed by atoms with van der Waals surface area (Å²) in [6, 6.07) is 8.78. The van der Waals surface area contributed by atoms with Crippen molar-refractivity contribution in [3.05, 3.63) is 40.6 Å². The molecule has 102 valence electrons. The number of fused-ring (bicyclic) bond motifs is 2. The minimum Gasteiger partial charge on any atom is -0.504 e. The van der Waals surface area contributed by atoms with Crippen molar-refractivity contribution in [2.24, 2.45) is 0 Å². The fourth-order valence-corrected chi connectivity index (χ4v) is 2.37. The van der Waals surface area contributed by atoms with E-state index in [4.69, 9.17) is 9.47 Å². The molecule has 0 saturated carbocycles. The van der Waals surface area contributed by atoms with Crippen molar-refractivity contribution < 1.29 is 14.6 Å². The number of phenolic OH excluding ortho intramolecular Hbond substituents is 1. The molecule has 0 aliphatic heterocycles. The van der Waals surface area contributed by atoms with Crippen LogP contribution in [0.3, 0.4) is 0 Å². The predicted octanol–water partition coefficient (Wildman–Crippen LogP) is 2.40. The maximum Gasteiger partial charge on any atom is 0.203 e. The van der Waals surface area contributed by atoms with E-state index < -0.39 is 0 Å². The Labute approximate surface area is 114 Å². The SMILES string of the molecule is COc1cc2[nH]c3ccccc3c(=O)c2c(O)c1OC.